The minimum absolute atomic E-state index is 0.164. The number of amides is 2. The number of hydrogen-bond acceptors (Lipinski definition) is 4. The third-order valence-electron chi connectivity index (χ3n) is 6.29. The molecule has 0 radical (unpaired) electrons. The second-order valence-electron chi connectivity index (χ2n) is 9.11. The molecule has 0 aromatic heterocycles. The van der Waals surface area contributed by atoms with Gasteiger partial charge in [0.05, 0.1) is 0 Å². The normalized spacial score (nSPS) is 19.4. The van der Waals surface area contributed by atoms with E-state index in [4.69, 9.17) is 4.74 Å². The van der Waals surface area contributed by atoms with E-state index in [1.54, 1.807) is 0 Å². The van der Waals surface area contributed by atoms with Gasteiger partial charge in [-0.2, -0.15) is 0 Å². The van der Waals surface area contributed by atoms with Gasteiger partial charge in [-0.1, -0.05) is 42.5 Å². The van der Waals surface area contributed by atoms with Gasteiger partial charge in [-0.3, -0.25) is 9.59 Å². The number of carbonyl (C=O) groups excluding carboxylic acids is 2. The summed E-state index contributed by atoms with van der Waals surface area (Å²) in [5.74, 6) is -1.29. The third-order valence-corrected chi connectivity index (χ3v) is 6.29. The van der Waals surface area contributed by atoms with Crippen LogP contribution in [0.4, 0.5) is 5.69 Å². The summed E-state index contributed by atoms with van der Waals surface area (Å²) in [6.07, 6.45) is 2.47. The highest BCUT2D eigenvalue weighted by atomic mass is 16.5. The van der Waals surface area contributed by atoms with Crippen molar-refractivity contribution < 1.29 is 24.2 Å². The predicted octanol–water partition coefficient (Wildman–Crippen LogP) is 4.27. The summed E-state index contributed by atoms with van der Waals surface area (Å²) >= 11 is 0. The van der Waals surface area contributed by atoms with Gasteiger partial charge in [-0.05, 0) is 68.7 Å². The molecule has 0 heterocycles. The Kier molecular flexibility index (Phi) is 7.87. The average molecular weight is 453 g/mol. The van der Waals surface area contributed by atoms with E-state index >= 15 is 0 Å². The smallest absolute Gasteiger partial charge is 0.328 e. The maximum absolute atomic E-state index is 12.7. The highest BCUT2D eigenvalue weighted by Crippen LogP contribution is 2.36. The van der Waals surface area contributed by atoms with Crippen molar-refractivity contribution in [2.24, 2.45) is 5.92 Å². The quantitative estimate of drug-likeness (QED) is 0.555. The molecule has 176 valence electrons. The number of carboxylic acid groups (broad SMARTS) is 1. The molecule has 1 aliphatic carbocycles. The first-order valence-corrected chi connectivity index (χ1v) is 11.2. The zero-order valence-corrected chi connectivity index (χ0v) is 19.3. The van der Waals surface area contributed by atoms with Crippen molar-refractivity contribution in [3.63, 3.8) is 0 Å². The first kappa shape index (κ1) is 24.5. The molecule has 33 heavy (non-hydrogen) atoms. The van der Waals surface area contributed by atoms with Crippen molar-refractivity contribution in [1.82, 2.24) is 5.32 Å². The van der Waals surface area contributed by atoms with Crippen molar-refractivity contribution >= 4 is 23.5 Å². The molecule has 1 aliphatic rings. The van der Waals surface area contributed by atoms with Gasteiger partial charge < -0.3 is 20.5 Å². The number of benzene rings is 2. The van der Waals surface area contributed by atoms with Crippen molar-refractivity contribution in [2.75, 3.05) is 12.4 Å². The standard InChI is InChI=1S/C26H32N2O5/c1-26(2,25(31)32)28-23(29)20-11-9-17(10-12-20)18-13-15-21(16-14-18)27-24(30)22(33-3)19-7-5-4-6-8-19/h4-8,13-17,20,22H,9-12H2,1-3H3,(H,27,30)(H,28,29)(H,31,32)/t17-,20-,22?. The molecule has 2 amide bonds. The van der Waals surface area contributed by atoms with Gasteiger partial charge in [0.1, 0.15) is 5.54 Å². The van der Waals surface area contributed by atoms with Gasteiger partial charge in [0.2, 0.25) is 5.91 Å². The summed E-state index contributed by atoms with van der Waals surface area (Å²) in [7, 11) is 1.51. The SMILES string of the molecule is COC(C(=O)Nc1ccc([C@H]2CC[C@H](C(=O)NC(C)(C)C(=O)O)CC2)cc1)c1ccccc1. The lowest BCUT2D eigenvalue weighted by Crippen LogP contribution is -2.51. The molecule has 0 saturated heterocycles. The van der Waals surface area contributed by atoms with E-state index in [9.17, 15) is 19.5 Å². The number of carboxylic acids is 1. The molecule has 7 heteroatoms. The fourth-order valence-corrected chi connectivity index (χ4v) is 4.22. The fraction of sp³-hybridized carbons (Fsp3) is 0.423. The minimum Gasteiger partial charge on any atom is -0.480 e. The molecule has 2 aromatic rings. The molecule has 0 spiro atoms. The molecule has 0 bridgehead atoms. The number of aliphatic carboxylic acids is 1. The minimum atomic E-state index is -1.27. The number of anilines is 1. The molecule has 7 nitrogen and oxygen atoms in total. The fourth-order valence-electron chi connectivity index (χ4n) is 4.22. The lowest BCUT2D eigenvalue weighted by Gasteiger charge is -2.30. The van der Waals surface area contributed by atoms with Crippen LogP contribution in [0.3, 0.4) is 0 Å². The Balaban J connectivity index is 1.54. The van der Waals surface area contributed by atoms with Crippen molar-refractivity contribution in [2.45, 2.75) is 57.1 Å². The van der Waals surface area contributed by atoms with Crippen LogP contribution in [0.2, 0.25) is 0 Å². The van der Waals surface area contributed by atoms with E-state index in [1.807, 2.05) is 54.6 Å². The summed E-state index contributed by atoms with van der Waals surface area (Å²) in [5.41, 5.74) is 1.40. The second-order valence-corrected chi connectivity index (χ2v) is 9.11. The van der Waals surface area contributed by atoms with Gasteiger partial charge in [0.25, 0.3) is 5.91 Å². The molecule has 2 aromatic carbocycles. The topological polar surface area (TPSA) is 105 Å². The molecular formula is C26H32N2O5. The highest BCUT2D eigenvalue weighted by Gasteiger charge is 2.34. The Morgan fingerprint density at radius 1 is 0.970 bits per heavy atom. The molecule has 3 N–H and O–H groups in total. The third kappa shape index (κ3) is 6.20. The largest absolute Gasteiger partial charge is 0.480 e. The first-order valence-electron chi connectivity index (χ1n) is 11.2. The highest BCUT2D eigenvalue weighted by molar-refractivity contribution is 5.94. The number of nitrogens with one attached hydrogen (secondary N) is 2. The summed E-state index contributed by atoms with van der Waals surface area (Å²) in [6, 6.07) is 17.1. The van der Waals surface area contributed by atoms with Crippen LogP contribution in [-0.2, 0) is 19.1 Å². The summed E-state index contributed by atoms with van der Waals surface area (Å²) < 4.78 is 5.38. The lowest BCUT2D eigenvalue weighted by atomic mass is 9.78. The Hall–Kier alpha value is -3.19. The Morgan fingerprint density at radius 2 is 1.58 bits per heavy atom. The number of carbonyl (C=O) groups is 3. The Labute approximate surface area is 194 Å². The van der Waals surface area contributed by atoms with Gasteiger partial charge in [0, 0.05) is 18.7 Å². The van der Waals surface area contributed by atoms with Crippen LogP contribution < -0.4 is 10.6 Å². The van der Waals surface area contributed by atoms with E-state index in [0.29, 0.717) is 11.6 Å². The molecule has 1 unspecified atom stereocenters. The molecule has 1 saturated carbocycles. The first-order chi connectivity index (χ1) is 15.7. The van der Waals surface area contributed by atoms with Crippen molar-refractivity contribution in [3.05, 3.63) is 65.7 Å². The number of methoxy groups -OCH3 is 1. The van der Waals surface area contributed by atoms with E-state index in [1.165, 1.54) is 26.5 Å². The van der Waals surface area contributed by atoms with Crippen LogP contribution in [0.5, 0.6) is 0 Å². The zero-order chi connectivity index (χ0) is 24.0. The number of hydrogen-bond donors (Lipinski definition) is 3. The average Bonchev–Trinajstić information content (AvgIpc) is 2.80. The van der Waals surface area contributed by atoms with E-state index in [2.05, 4.69) is 10.6 Å². The van der Waals surface area contributed by atoms with Gasteiger partial charge in [0.15, 0.2) is 6.10 Å². The molecule has 0 aliphatic heterocycles. The number of ether oxygens (including phenoxy) is 1. The van der Waals surface area contributed by atoms with Gasteiger partial charge in [-0.25, -0.2) is 4.79 Å². The second kappa shape index (κ2) is 10.6. The Morgan fingerprint density at radius 3 is 2.12 bits per heavy atom. The van der Waals surface area contributed by atoms with Crippen LogP contribution in [0.15, 0.2) is 54.6 Å². The maximum Gasteiger partial charge on any atom is 0.328 e. The predicted molar refractivity (Wildman–Crippen MR) is 126 cm³/mol. The Bertz CT molecular complexity index is 964. The molecule has 1 atom stereocenters. The number of rotatable bonds is 8. The van der Waals surface area contributed by atoms with Crippen LogP contribution in [0.1, 0.15) is 62.7 Å². The van der Waals surface area contributed by atoms with Gasteiger partial charge >= 0.3 is 5.97 Å². The van der Waals surface area contributed by atoms with E-state index in [-0.39, 0.29) is 17.7 Å². The molecule has 3 rings (SSSR count). The maximum atomic E-state index is 12.7. The summed E-state index contributed by atoms with van der Waals surface area (Å²) in [4.78, 5) is 36.4. The van der Waals surface area contributed by atoms with Crippen LogP contribution in [-0.4, -0.2) is 35.5 Å². The van der Waals surface area contributed by atoms with Gasteiger partial charge in [-0.15, -0.1) is 0 Å². The van der Waals surface area contributed by atoms with Crippen LogP contribution in [0.25, 0.3) is 0 Å². The van der Waals surface area contributed by atoms with Crippen LogP contribution >= 0.6 is 0 Å². The monoisotopic (exact) mass is 452 g/mol. The van der Waals surface area contributed by atoms with Crippen LogP contribution in [0, 0.1) is 5.92 Å². The summed E-state index contributed by atoms with van der Waals surface area (Å²) in [5, 5.41) is 14.8. The molecular weight excluding hydrogens is 420 g/mol. The zero-order valence-electron chi connectivity index (χ0n) is 19.3. The van der Waals surface area contributed by atoms with E-state index in [0.717, 1.165) is 31.2 Å². The van der Waals surface area contributed by atoms with Crippen molar-refractivity contribution in [3.8, 4) is 0 Å². The van der Waals surface area contributed by atoms with E-state index < -0.39 is 17.6 Å². The molecule has 1 fully saturated rings. The summed E-state index contributed by atoms with van der Waals surface area (Å²) in [6.45, 7) is 2.99. The van der Waals surface area contributed by atoms with Crippen molar-refractivity contribution in [1.29, 1.82) is 0 Å². The lowest BCUT2D eigenvalue weighted by molar-refractivity contribution is -0.146.